The molecule has 0 amide bonds. The number of rotatable bonds is 3. The van der Waals surface area contributed by atoms with E-state index in [1.807, 2.05) is 0 Å². The second kappa shape index (κ2) is 5.23. The molecule has 0 saturated carbocycles. The highest BCUT2D eigenvalue weighted by Crippen LogP contribution is 2.21. The molecule has 80 valence electrons. The van der Waals surface area contributed by atoms with Gasteiger partial charge in [0.25, 0.3) is 0 Å². The van der Waals surface area contributed by atoms with Crippen LogP contribution in [0.2, 0.25) is 0 Å². The van der Waals surface area contributed by atoms with Gasteiger partial charge in [0.2, 0.25) is 0 Å². The number of nitrogens with one attached hydrogen (secondary N) is 1. The predicted octanol–water partition coefficient (Wildman–Crippen LogP) is 1.13. The minimum Gasteiger partial charge on any atom is -0.314 e. The van der Waals surface area contributed by atoms with Crippen LogP contribution >= 0.6 is 10.9 Å². The van der Waals surface area contributed by atoms with Gasteiger partial charge in [-0.2, -0.15) is 0 Å². The van der Waals surface area contributed by atoms with Crippen LogP contribution in [0, 0.1) is 5.92 Å². The lowest BCUT2D eigenvalue weighted by Crippen LogP contribution is -2.53. The fourth-order valence-corrected chi connectivity index (χ4v) is 3.04. The van der Waals surface area contributed by atoms with E-state index < -0.39 is 0 Å². The molecular formula is C10H24N2S. The number of hydrogen-bond acceptors (Lipinski definition) is 2. The SMILES string of the molecule is CC(C)[C@@H]1CNCCN1C[SH](C)C. The summed E-state index contributed by atoms with van der Waals surface area (Å²) in [6, 6.07) is 0.763. The van der Waals surface area contributed by atoms with Gasteiger partial charge < -0.3 is 5.32 Å². The number of hydrogen-bond donors (Lipinski definition) is 2. The molecule has 0 bridgehead atoms. The van der Waals surface area contributed by atoms with Crippen molar-refractivity contribution in [1.82, 2.24) is 10.2 Å². The van der Waals surface area contributed by atoms with Gasteiger partial charge in [-0.1, -0.05) is 13.8 Å². The van der Waals surface area contributed by atoms with Crippen LogP contribution in [0.3, 0.4) is 0 Å². The van der Waals surface area contributed by atoms with Crippen LogP contribution < -0.4 is 5.32 Å². The molecular weight excluding hydrogens is 180 g/mol. The first-order valence-corrected chi connectivity index (χ1v) is 7.63. The van der Waals surface area contributed by atoms with Crippen molar-refractivity contribution >= 4 is 10.9 Å². The van der Waals surface area contributed by atoms with Gasteiger partial charge in [-0.15, -0.1) is 0 Å². The predicted molar refractivity (Wildman–Crippen MR) is 63.9 cm³/mol. The lowest BCUT2D eigenvalue weighted by Gasteiger charge is -2.40. The van der Waals surface area contributed by atoms with E-state index in [4.69, 9.17) is 0 Å². The summed E-state index contributed by atoms with van der Waals surface area (Å²) in [6.07, 6.45) is 4.74. The third-order valence-corrected chi connectivity index (χ3v) is 3.56. The summed E-state index contributed by atoms with van der Waals surface area (Å²) in [7, 11) is 0.223. The quantitative estimate of drug-likeness (QED) is 0.670. The molecule has 0 aromatic heterocycles. The minimum atomic E-state index is 0.223. The topological polar surface area (TPSA) is 15.3 Å². The molecule has 13 heavy (non-hydrogen) atoms. The van der Waals surface area contributed by atoms with E-state index in [9.17, 15) is 0 Å². The normalized spacial score (nSPS) is 26.5. The Morgan fingerprint density at radius 1 is 1.46 bits per heavy atom. The average Bonchev–Trinajstić information content (AvgIpc) is 2.03. The van der Waals surface area contributed by atoms with Crippen molar-refractivity contribution in [2.75, 3.05) is 38.0 Å². The second-order valence-electron chi connectivity index (χ2n) is 4.55. The maximum Gasteiger partial charge on any atom is 0.0265 e. The fourth-order valence-electron chi connectivity index (χ4n) is 1.96. The van der Waals surface area contributed by atoms with Gasteiger partial charge in [0.1, 0.15) is 0 Å². The molecule has 0 aliphatic carbocycles. The fraction of sp³-hybridized carbons (Fsp3) is 1.00. The molecule has 1 aliphatic rings. The van der Waals surface area contributed by atoms with Crippen molar-refractivity contribution in [3.05, 3.63) is 0 Å². The molecule has 1 N–H and O–H groups in total. The zero-order valence-corrected chi connectivity index (χ0v) is 10.3. The van der Waals surface area contributed by atoms with E-state index in [2.05, 4.69) is 36.6 Å². The first-order valence-electron chi connectivity index (χ1n) is 5.20. The Bertz CT molecular complexity index is 148. The molecule has 2 nitrogen and oxygen atoms in total. The van der Waals surface area contributed by atoms with E-state index in [1.165, 1.54) is 25.5 Å². The van der Waals surface area contributed by atoms with Crippen molar-refractivity contribution in [2.45, 2.75) is 19.9 Å². The van der Waals surface area contributed by atoms with Crippen LogP contribution in [0.1, 0.15) is 13.8 Å². The van der Waals surface area contributed by atoms with E-state index >= 15 is 0 Å². The summed E-state index contributed by atoms with van der Waals surface area (Å²) in [5.41, 5.74) is 0. The summed E-state index contributed by atoms with van der Waals surface area (Å²) in [6.45, 7) is 8.26. The monoisotopic (exact) mass is 204 g/mol. The lowest BCUT2D eigenvalue weighted by atomic mass is 10.0. The second-order valence-corrected chi connectivity index (χ2v) is 6.99. The van der Waals surface area contributed by atoms with Crippen molar-refractivity contribution in [2.24, 2.45) is 5.92 Å². The summed E-state index contributed by atoms with van der Waals surface area (Å²) in [5.74, 6) is 2.10. The first kappa shape index (κ1) is 11.3. The molecule has 0 unspecified atom stereocenters. The van der Waals surface area contributed by atoms with Crippen LogP contribution in [0.4, 0.5) is 0 Å². The highest BCUT2D eigenvalue weighted by Gasteiger charge is 2.24. The highest BCUT2D eigenvalue weighted by molar-refractivity contribution is 8.15. The van der Waals surface area contributed by atoms with Crippen molar-refractivity contribution in [1.29, 1.82) is 0 Å². The highest BCUT2D eigenvalue weighted by atomic mass is 32.2. The van der Waals surface area contributed by atoms with Crippen LogP contribution in [0.15, 0.2) is 0 Å². The van der Waals surface area contributed by atoms with E-state index in [1.54, 1.807) is 0 Å². The van der Waals surface area contributed by atoms with Crippen molar-refractivity contribution in [3.63, 3.8) is 0 Å². The Morgan fingerprint density at radius 3 is 2.69 bits per heavy atom. The van der Waals surface area contributed by atoms with Crippen LogP contribution in [-0.4, -0.2) is 49.0 Å². The standard InChI is InChI=1S/C10H24N2S/c1-9(2)10-7-11-5-6-12(10)8-13(3)4/h9-11,13H,5-8H2,1-4H3/t10-/m0/s1. The Balaban J connectivity index is 2.46. The van der Waals surface area contributed by atoms with E-state index in [0.29, 0.717) is 0 Å². The molecule has 0 radical (unpaired) electrons. The van der Waals surface area contributed by atoms with E-state index in [-0.39, 0.29) is 10.9 Å². The number of nitrogens with zero attached hydrogens (tertiary/aromatic N) is 1. The largest absolute Gasteiger partial charge is 0.314 e. The maximum absolute atomic E-state index is 3.48. The molecule has 0 aromatic rings. The van der Waals surface area contributed by atoms with Gasteiger partial charge in [0, 0.05) is 31.6 Å². The van der Waals surface area contributed by atoms with Gasteiger partial charge in [0.15, 0.2) is 0 Å². The molecule has 1 saturated heterocycles. The smallest absolute Gasteiger partial charge is 0.0265 e. The maximum atomic E-state index is 3.48. The molecule has 1 heterocycles. The van der Waals surface area contributed by atoms with Gasteiger partial charge >= 0.3 is 0 Å². The Hall–Kier alpha value is 0.270. The van der Waals surface area contributed by atoms with Gasteiger partial charge in [-0.3, -0.25) is 4.90 Å². The third kappa shape index (κ3) is 3.49. The zero-order valence-electron chi connectivity index (χ0n) is 9.38. The average molecular weight is 204 g/mol. The first-order chi connectivity index (χ1) is 6.11. The Kier molecular flexibility index (Phi) is 4.56. The summed E-state index contributed by atoms with van der Waals surface area (Å²) in [5, 5.41) is 3.48. The molecule has 1 fully saturated rings. The van der Waals surface area contributed by atoms with Gasteiger partial charge in [0.05, 0.1) is 0 Å². The number of thiol groups is 1. The molecule has 3 heteroatoms. The number of piperazine rings is 1. The molecule has 0 spiro atoms. The van der Waals surface area contributed by atoms with Crippen molar-refractivity contribution < 1.29 is 0 Å². The van der Waals surface area contributed by atoms with Crippen LogP contribution in [-0.2, 0) is 0 Å². The van der Waals surface area contributed by atoms with Crippen LogP contribution in [0.25, 0.3) is 0 Å². The van der Waals surface area contributed by atoms with Gasteiger partial charge in [-0.05, 0) is 18.4 Å². The Labute approximate surface area is 85.4 Å². The molecule has 1 rings (SSSR count). The van der Waals surface area contributed by atoms with Crippen molar-refractivity contribution in [3.8, 4) is 0 Å². The molecule has 1 aliphatic heterocycles. The van der Waals surface area contributed by atoms with E-state index in [0.717, 1.165) is 12.0 Å². The molecule has 0 aromatic carbocycles. The van der Waals surface area contributed by atoms with Crippen LogP contribution in [0.5, 0.6) is 0 Å². The Morgan fingerprint density at radius 2 is 2.15 bits per heavy atom. The van der Waals surface area contributed by atoms with Gasteiger partial charge in [-0.25, -0.2) is 10.9 Å². The summed E-state index contributed by atoms with van der Waals surface area (Å²) >= 11 is 0. The lowest BCUT2D eigenvalue weighted by molar-refractivity contribution is 0.149. The summed E-state index contributed by atoms with van der Waals surface area (Å²) < 4.78 is 0. The third-order valence-electron chi connectivity index (χ3n) is 2.63. The molecule has 1 atom stereocenters. The minimum absolute atomic E-state index is 0.223. The zero-order chi connectivity index (χ0) is 9.84. The summed E-state index contributed by atoms with van der Waals surface area (Å²) in [4.78, 5) is 2.67.